The summed E-state index contributed by atoms with van der Waals surface area (Å²) in [7, 11) is 1.54. The third kappa shape index (κ3) is 3.67. The lowest BCUT2D eigenvalue weighted by atomic mass is 10.1. The fourth-order valence-electron chi connectivity index (χ4n) is 1.24. The summed E-state index contributed by atoms with van der Waals surface area (Å²) in [5.41, 5.74) is 11.5. The highest BCUT2D eigenvalue weighted by molar-refractivity contribution is 5.96. The number of nitrogens with one attached hydrogen (secondary N) is 1. The van der Waals surface area contributed by atoms with Crippen molar-refractivity contribution in [1.29, 1.82) is 0 Å². The van der Waals surface area contributed by atoms with Gasteiger partial charge in [0, 0.05) is 18.8 Å². The van der Waals surface area contributed by atoms with E-state index in [0.717, 1.165) is 0 Å². The molecule has 1 aromatic rings. The van der Waals surface area contributed by atoms with Crippen LogP contribution < -0.4 is 21.5 Å². The summed E-state index contributed by atoms with van der Waals surface area (Å²) in [6, 6.07) is 4.56. The van der Waals surface area contributed by atoms with Crippen LogP contribution >= 0.6 is 0 Å². The second-order valence-corrected chi connectivity index (χ2v) is 3.39. The summed E-state index contributed by atoms with van der Waals surface area (Å²) in [5.74, 6) is -0.448. The monoisotopic (exact) mass is 237 g/mol. The van der Waals surface area contributed by atoms with Gasteiger partial charge >= 0.3 is 0 Å². The third-order valence-electron chi connectivity index (χ3n) is 2.14. The van der Waals surface area contributed by atoms with Crippen LogP contribution in [-0.4, -0.2) is 25.5 Å². The van der Waals surface area contributed by atoms with Gasteiger partial charge in [-0.05, 0) is 12.1 Å². The molecule has 1 aromatic carbocycles. The molecular weight excluding hydrogens is 222 g/mol. The number of benzene rings is 1. The van der Waals surface area contributed by atoms with Gasteiger partial charge in [0.05, 0.1) is 18.6 Å². The van der Waals surface area contributed by atoms with E-state index < -0.39 is 5.91 Å². The second-order valence-electron chi connectivity index (χ2n) is 3.39. The quantitative estimate of drug-likeness (QED) is 0.620. The van der Waals surface area contributed by atoms with Gasteiger partial charge in [0.2, 0.25) is 5.91 Å². The number of carbonyl (C=O) groups excluding carboxylic acids is 2. The lowest BCUT2D eigenvalue weighted by Crippen LogP contribution is -2.20. The molecule has 92 valence electrons. The fourth-order valence-corrected chi connectivity index (χ4v) is 1.24. The van der Waals surface area contributed by atoms with Crippen LogP contribution in [-0.2, 0) is 4.79 Å². The average molecular weight is 237 g/mol. The smallest absolute Gasteiger partial charge is 0.252 e. The van der Waals surface area contributed by atoms with E-state index in [0.29, 0.717) is 11.4 Å². The van der Waals surface area contributed by atoms with Gasteiger partial charge in [-0.15, -0.1) is 0 Å². The van der Waals surface area contributed by atoms with Gasteiger partial charge in [0.15, 0.2) is 0 Å². The number of primary amides is 1. The number of carbonyl (C=O) groups is 2. The van der Waals surface area contributed by atoms with E-state index in [1.165, 1.54) is 19.2 Å². The Kier molecular flexibility index (Phi) is 4.33. The molecule has 1 rings (SSSR count). The van der Waals surface area contributed by atoms with Crippen LogP contribution in [0, 0.1) is 0 Å². The molecule has 0 saturated carbocycles. The molecule has 0 heterocycles. The second kappa shape index (κ2) is 5.74. The normalized spacial score (nSPS) is 9.71. The van der Waals surface area contributed by atoms with Gasteiger partial charge < -0.3 is 21.5 Å². The van der Waals surface area contributed by atoms with Gasteiger partial charge in [-0.1, -0.05) is 0 Å². The van der Waals surface area contributed by atoms with Crippen molar-refractivity contribution in [3.8, 4) is 5.75 Å². The molecule has 0 aliphatic heterocycles. The molecule has 2 amide bonds. The van der Waals surface area contributed by atoms with Crippen LogP contribution in [0.3, 0.4) is 0 Å². The number of rotatable bonds is 5. The van der Waals surface area contributed by atoms with Gasteiger partial charge in [-0.3, -0.25) is 9.59 Å². The predicted molar refractivity (Wildman–Crippen MR) is 63.6 cm³/mol. The highest BCUT2D eigenvalue weighted by Gasteiger charge is 2.10. The molecule has 0 fully saturated rings. The van der Waals surface area contributed by atoms with Crippen molar-refractivity contribution in [3.05, 3.63) is 23.8 Å². The van der Waals surface area contributed by atoms with Crippen LogP contribution in [0.25, 0.3) is 0 Å². The minimum absolute atomic E-state index is 0.144. The number of hydrogen-bond acceptors (Lipinski definition) is 4. The highest BCUT2D eigenvalue weighted by Crippen LogP contribution is 2.21. The molecule has 0 aromatic heterocycles. The van der Waals surface area contributed by atoms with E-state index in [1.807, 2.05) is 0 Å². The zero-order valence-corrected chi connectivity index (χ0v) is 9.53. The molecule has 0 radical (unpaired) electrons. The Bertz CT molecular complexity index is 432. The standard InChI is InChI=1S/C11H15N3O3/c1-14-10(15)4-5-17-9-6-7(12)2-3-8(9)11(13)16/h2-3,6H,4-5,12H2,1H3,(H2,13,16)(H,14,15). The number of nitrogen functional groups attached to an aromatic ring is 1. The number of ether oxygens (including phenoxy) is 1. The minimum atomic E-state index is -0.597. The Labute approximate surface area is 98.9 Å². The van der Waals surface area contributed by atoms with Gasteiger partial charge in [0.1, 0.15) is 5.75 Å². The Morgan fingerprint density at radius 2 is 2.12 bits per heavy atom. The largest absolute Gasteiger partial charge is 0.492 e. The Morgan fingerprint density at radius 3 is 2.71 bits per heavy atom. The Morgan fingerprint density at radius 1 is 1.41 bits per heavy atom. The predicted octanol–water partition coefficient (Wildman–Crippen LogP) is -0.117. The number of hydrogen-bond donors (Lipinski definition) is 3. The average Bonchev–Trinajstić information content (AvgIpc) is 2.28. The van der Waals surface area contributed by atoms with Gasteiger partial charge in [0.25, 0.3) is 5.91 Å². The zero-order valence-electron chi connectivity index (χ0n) is 9.53. The number of amides is 2. The van der Waals surface area contributed by atoms with Crippen molar-refractivity contribution in [2.45, 2.75) is 6.42 Å². The molecule has 6 nitrogen and oxygen atoms in total. The fraction of sp³-hybridized carbons (Fsp3) is 0.273. The molecule has 0 atom stereocenters. The first-order valence-electron chi connectivity index (χ1n) is 5.07. The van der Waals surface area contributed by atoms with Gasteiger partial charge in [-0.25, -0.2) is 0 Å². The lowest BCUT2D eigenvalue weighted by molar-refractivity contribution is -0.121. The van der Waals surface area contributed by atoms with Crippen LogP contribution in [0.5, 0.6) is 5.75 Å². The van der Waals surface area contributed by atoms with Crippen molar-refractivity contribution in [1.82, 2.24) is 5.32 Å². The van der Waals surface area contributed by atoms with Crippen molar-refractivity contribution in [2.75, 3.05) is 19.4 Å². The highest BCUT2D eigenvalue weighted by atomic mass is 16.5. The molecule has 0 unspecified atom stereocenters. The number of nitrogens with two attached hydrogens (primary N) is 2. The minimum Gasteiger partial charge on any atom is -0.492 e. The molecule has 0 saturated heterocycles. The summed E-state index contributed by atoms with van der Waals surface area (Å²) in [6.07, 6.45) is 0.198. The first-order chi connectivity index (χ1) is 8.04. The molecule has 5 N–H and O–H groups in total. The molecule has 6 heteroatoms. The van der Waals surface area contributed by atoms with Crippen LogP contribution in [0.1, 0.15) is 16.8 Å². The van der Waals surface area contributed by atoms with E-state index in [-0.39, 0.29) is 24.5 Å². The van der Waals surface area contributed by atoms with Crippen LogP contribution in [0.2, 0.25) is 0 Å². The maximum atomic E-state index is 11.1. The summed E-state index contributed by atoms with van der Waals surface area (Å²) in [5, 5.41) is 2.46. The van der Waals surface area contributed by atoms with E-state index >= 15 is 0 Å². The molecule has 0 aliphatic carbocycles. The van der Waals surface area contributed by atoms with E-state index in [9.17, 15) is 9.59 Å². The van der Waals surface area contributed by atoms with E-state index in [1.54, 1.807) is 6.07 Å². The van der Waals surface area contributed by atoms with Crippen molar-refractivity contribution in [2.24, 2.45) is 5.73 Å². The molecule has 0 spiro atoms. The summed E-state index contributed by atoms with van der Waals surface area (Å²) >= 11 is 0. The molecule has 0 bridgehead atoms. The first kappa shape index (κ1) is 12.8. The van der Waals surface area contributed by atoms with Crippen molar-refractivity contribution >= 4 is 17.5 Å². The maximum absolute atomic E-state index is 11.1. The van der Waals surface area contributed by atoms with Gasteiger partial charge in [-0.2, -0.15) is 0 Å². The molecule has 0 aliphatic rings. The topological polar surface area (TPSA) is 107 Å². The van der Waals surface area contributed by atoms with E-state index in [4.69, 9.17) is 16.2 Å². The first-order valence-corrected chi connectivity index (χ1v) is 5.07. The van der Waals surface area contributed by atoms with Crippen molar-refractivity contribution < 1.29 is 14.3 Å². The van der Waals surface area contributed by atoms with Crippen LogP contribution in [0.4, 0.5) is 5.69 Å². The Balaban J connectivity index is 2.72. The Hall–Kier alpha value is -2.24. The SMILES string of the molecule is CNC(=O)CCOc1cc(N)ccc1C(N)=O. The third-order valence-corrected chi connectivity index (χ3v) is 2.14. The summed E-state index contributed by atoms with van der Waals surface area (Å²) in [6.45, 7) is 0.156. The molecule has 17 heavy (non-hydrogen) atoms. The van der Waals surface area contributed by atoms with E-state index in [2.05, 4.69) is 5.32 Å². The van der Waals surface area contributed by atoms with Crippen LogP contribution in [0.15, 0.2) is 18.2 Å². The zero-order chi connectivity index (χ0) is 12.8. The lowest BCUT2D eigenvalue weighted by Gasteiger charge is -2.09. The number of anilines is 1. The van der Waals surface area contributed by atoms with Crippen molar-refractivity contribution in [3.63, 3.8) is 0 Å². The molecular formula is C11H15N3O3. The summed E-state index contributed by atoms with van der Waals surface area (Å²) < 4.78 is 5.31. The summed E-state index contributed by atoms with van der Waals surface area (Å²) in [4.78, 5) is 22.1. The maximum Gasteiger partial charge on any atom is 0.252 e.